The van der Waals surface area contributed by atoms with Crippen molar-refractivity contribution in [3.05, 3.63) is 57.5 Å². The topological polar surface area (TPSA) is 82.8 Å². The number of carbonyl (C=O) groups excluding carboxylic acids is 3. The van der Waals surface area contributed by atoms with E-state index in [1.807, 2.05) is 0 Å². The summed E-state index contributed by atoms with van der Waals surface area (Å²) < 4.78 is 16.1. The highest BCUT2D eigenvalue weighted by atomic mass is 79.9. The van der Waals surface area contributed by atoms with Gasteiger partial charge in [0.25, 0.3) is 0 Å². The van der Waals surface area contributed by atoms with Gasteiger partial charge in [0.15, 0.2) is 11.5 Å². The van der Waals surface area contributed by atoms with Crippen LogP contribution in [-0.4, -0.2) is 37.7 Å². The van der Waals surface area contributed by atoms with E-state index in [1.165, 1.54) is 6.26 Å². The minimum atomic E-state index is -0.785. The summed E-state index contributed by atoms with van der Waals surface area (Å²) in [5.74, 6) is -1.19. The fraction of sp³-hybridized carbons (Fsp3) is 0.167. The monoisotopic (exact) mass is 482 g/mol. The summed E-state index contributed by atoms with van der Waals surface area (Å²) in [7, 11) is 1.58. The van der Waals surface area contributed by atoms with Gasteiger partial charge in [-0.15, -0.1) is 0 Å². The molecule has 0 radical (unpaired) electrons. The lowest BCUT2D eigenvalue weighted by atomic mass is 9.94. The zero-order chi connectivity index (χ0) is 18.8. The summed E-state index contributed by atoms with van der Waals surface area (Å²) in [6.45, 7) is 0.848. The van der Waals surface area contributed by atoms with Crippen molar-refractivity contribution in [1.82, 2.24) is 0 Å². The van der Waals surface area contributed by atoms with Gasteiger partial charge in [-0.25, -0.2) is 0 Å². The Labute approximate surface area is 165 Å². The van der Waals surface area contributed by atoms with Gasteiger partial charge < -0.3 is 13.9 Å². The maximum Gasteiger partial charge on any atom is 0.241 e. The van der Waals surface area contributed by atoms with E-state index in [2.05, 4.69) is 31.9 Å². The van der Waals surface area contributed by atoms with E-state index in [0.717, 1.165) is 0 Å². The number of ether oxygens (including phenoxy) is 2. The van der Waals surface area contributed by atoms with Crippen LogP contribution in [0.15, 0.2) is 39.4 Å². The van der Waals surface area contributed by atoms with Gasteiger partial charge >= 0.3 is 0 Å². The molecule has 0 atom stereocenters. The smallest absolute Gasteiger partial charge is 0.241 e. The number of Topliss-reactive ketones (excluding diaryl/α,β-unsaturated/α-hetero) is 2. The quantitative estimate of drug-likeness (QED) is 0.353. The highest BCUT2D eigenvalue weighted by Crippen LogP contribution is 2.39. The van der Waals surface area contributed by atoms with E-state index >= 15 is 0 Å². The largest absolute Gasteiger partial charge is 0.491 e. The molecule has 0 saturated heterocycles. The van der Waals surface area contributed by atoms with Crippen LogP contribution in [0.3, 0.4) is 0 Å². The second-order valence-electron chi connectivity index (χ2n) is 5.33. The van der Waals surface area contributed by atoms with Gasteiger partial charge in [0.1, 0.15) is 18.6 Å². The molecule has 0 fully saturated rings. The average molecular weight is 484 g/mol. The van der Waals surface area contributed by atoms with Gasteiger partial charge in [-0.1, -0.05) is 0 Å². The number of fused-ring (bicyclic) bond motifs is 1. The Bertz CT molecular complexity index is 924. The number of hydrogen-bond acceptors (Lipinski definition) is 6. The van der Waals surface area contributed by atoms with Crippen molar-refractivity contribution in [2.75, 3.05) is 20.3 Å². The number of rotatable bonds is 6. The molecule has 8 heteroatoms. The molecule has 0 aliphatic heterocycles. The van der Waals surface area contributed by atoms with Crippen LogP contribution in [0.5, 0.6) is 5.75 Å². The molecule has 26 heavy (non-hydrogen) atoms. The zero-order valence-corrected chi connectivity index (χ0v) is 16.7. The molecule has 0 spiro atoms. The SMILES string of the molecule is COCCOc1ccc(C(=O)c2coc3c2C(=O)C(=O)C(Br)=C3Br)cc1. The van der Waals surface area contributed by atoms with E-state index in [9.17, 15) is 14.4 Å². The number of furan rings is 1. The van der Waals surface area contributed by atoms with Gasteiger partial charge in [-0.05, 0) is 56.1 Å². The van der Waals surface area contributed by atoms with E-state index < -0.39 is 17.3 Å². The van der Waals surface area contributed by atoms with Crippen LogP contribution in [0.1, 0.15) is 32.0 Å². The molecule has 0 unspecified atom stereocenters. The molecule has 0 bridgehead atoms. The Hall–Kier alpha value is -2.03. The molecule has 0 N–H and O–H groups in total. The molecule has 0 amide bonds. The molecule has 2 aromatic rings. The lowest BCUT2D eigenvalue weighted by molar-refractivity contribution is -0.111. The molecule has 1 aromatic carbocycles. The lowest BCUT2D eigenvalue weighted by Gasteiger charge is -2.10. The third-order valence-corrected chi connectivity index (χ3v) is 5.78. The Morgan fingerprint density at radius 2 is 1.73 bits per heavy atom. The van der Waals surface area contributed by atoms with Crippen LogP contribution in [0.2, 0.25) is 0 Å². The summed E-state index contributed by atoms with van der Waals surface area (Å²) in [6.07, 6.45) is 1.19. The second-order valence-corrected chi connectivity index (χ2v) is 6.92. The Kier molecular flexibility index (Phi) is 5.55. The van der Waals surface area contributed by atoms with Crippen LogP contribution in [0.25, 0.3) is 4.48 Å². The maximum absolute atomic E-state index is 12.8. The van der Waals surface area contributed by atoms with E-state index in [1.54, 1.807) is 31.4 Å². The molecule has 1 aliphatic carbocycles. The number of carbonyl (C=O) groups is 3. The van der Waals surface area contributed by atoms with Crippen molar-refractivity contribution in [1.29, 1.82) is 0 Å². The van der Waals surface area contributed by atoms with E-state index in [0.29, 0.717) is 29.0 Å². The Balaban J connectivity index is 1.90. The van der Waals surface area contributed by atoms with E-state index in [-0.39, 0.29) is 21.4 Å². The molecule has 6 nitrogen and oxygen atoms in total. The summed E-state index contributed by atoms with van der Waals surface area (Å²) in [6, 6.07) is 6.46. The number of allylic oxidation sites excluding steroid dienone is 1. The van der Waals surface area contributed by atoms with Crippen LogP contribution < -0.4 is 4.74 Å². The van der Waals surface area contributed by atoms with Crippen molar-refractivity contribution < 1.29 is 28.3 Å². The van der Waals surface area contributed by atoms with Crippen molar-refractivity contribution in [3.8, 4) is 5.75 Å². The number of ketones is 3. The third kappa shape index (κ3) is 3.32. The molecule has 0 saturated carbocycles. The number of halogens is 2. The van der Waals surface area contributed by atoms with Crippen LogP contribution in [0, 0.1) is 0 Å². The fourth-order valence-electron chi connectivity index (χ4n) is 2.43. The van der Waals surface area contributed by atoms with E-state index in [4.69, 9.17) is 13.9 Å². The van der Waals surface area contributed by atoms with Crippen LogP contribution >= 0.6 is 31.9 Å². The first-order valence-electron chi connectivity index (χ1n) is 7.48. The maximum atomic E-state index is 12.8. The summed E-state index contributed by atoms with van der Waals surface area (Å²) >= 11 is 6.26. The highest BCUT2D eigenvalue weighted by molar-refractivity contribution is 9.16. The van der Waals surface area contributed by atoms with Gasteiger partial charge in [0.05, 0.1) is 26.7 Å². The summed E-state index contributed by atoms with van der Waals surface area (Å²) in [5.41, 5.74) is 0.358. The first-order chi connectivity index (χ1) is 12.5. The number of methoxy groups -OCH3 is 1. The first kappa shape index (κ1) is 18.8. The minimum absolute atomic E-state index is 0.0319. The van der Waals surface area contributed by atoms with Gasteiger partial charge in [0, 0.05) is 12.7 Å². The summed E-state index contributed by atoms with van der Waals surface area (Å²) in [5, 5.41) is 0. The fourth-order valence-corrected chi connectivity index (χ4v) is 3.26. The summed E-state index contributed by atoms with van der Waals surface area (Å²) in [4.78, 5) is 37.1. The zero-order valence-electron chi connectivity index (χ0n) is 13.5. The molecule has 1 aliphatic rings. The van der Waals surface area contributed by atoms with Crippen LogP contribution in [-0.2, 0) is 9.53 Å². The molecule has 3 rings (SSSR count). The number of hydrogen-bond donors (Lipinski definition) is 0. The van der Waals surface area contributed by atoms with Crippen LogP contribution in [0.4, 0.5) is 0 Å². The molecule has 1 heterocycles. The molecule has 134 valence electrons. The highest BCUT2D eigenvalue weighted by Gasteiger charge is 2.37. The van der Waals surface area contributed by atoms with Gasteiger partial charge in [0.2, 0.25) is 11.6 Å². The van der Waals surface area contributed by atoms with Crippen molar-refractivity contribution in [2.24, 2.45) is 0 Å². The Morgan fingerprint density at radius 3 is 2.38 bits per heavy atom. The van der Waals surface area contributed by atoms with Crippen molar-refractivity contribution in [2.45, 2.75) is 0 Å². The lowest BCUT2D eigenvalue weighted by Crippen LogP contribution is -2.22. The molecular weight excluding hydrogens is 472 g/mol. The standard InChI is InChI=1S/C18H12Br2O6/c1-24-6-7-25-10-4-2-9(3-5-10)15(21)11-8-26-18-12(11)16(22)17(23)13(19)14(18)20/h2-5,8H,6-7H2,1H3. The van der Waals surface area contributed by atoms with Crippen molar-refractivity contribution >= 4 is 53.7 Å². The molecular formula is C18H12Br2O6. The molecule has 1 aromatic heterocycles. The van der Waals surface area contributed by atoms with Gasteiger partial charge in [-0.2, -0.15) is 0 Å². The number of benzene rings is 1. The Morgan fingerprint density at radius 1 is 1.04 bits per heavy atom. The average Bonchev–Trinajstić information content (AvgIpc) is 3.10. The predicted molar refractivity (Wildman–Crippen MR) is 100 cm³/mol. The van der Waals surface area contributed by atoms with Crippen molar-refractivity contribution in [3.63, 3.8) is 0 Å². The minimum Gasteiger partial charge on any atom is -0.491 e. The normalized spacial score (nSPS) is 13.8. The first-order valence-corrected chi connectivity index (χ1v) is 9.07. The third-order valence-electron chi connectivity index (χ3n) is 3.73. The predicted octanol–water partition coefficient (Wildman–Crippen LogP) is 3.76. The second kappa shape index (κ2) is 7.69. The van der Waals surface area contributed by atoms with Gasteiger partial charge in [-0.3, -0.25) is 14.4 Å².